The van der Waals surface area contributed by atoms with Gasteiger partial charge in [-0.2, -0.15) is 0 Å². The Hall–Kier alpha value is -5.16. The number of ether oxygens (including phenoxy) is 1. The van der Waals surface area contributed by atoms with Gasteiger partial charge >= 0.3 is 6.03 Å². The highest BCUT2D eigenvalue weighted by Crippen LogP contribution is 2.33. The SMILES string of the molecule is CCNC(=O)[C@H]1O[C@@H](n2cnc3c(NCC(c4ccccc4)c4ccccc4)nc(C(=O)NCCCNC(=O)NCCN4CCCCC4)nc32)[C@H](O)[C@@H]1O. The smallest absolute Gasteiger partial charge is 0.314 e. The minimum Gasteiger partial charge on any atom is -0.387 e. The molecule has 0 aliphatic carbocycles. The first-order valence-corrected chi connectivity index (χ1v) is 18.7. The average molecular weight is 743 g/mol. The van der Waals surface area contributed by atoms with Gasteiger partial charge in [0.15, 0.2) is 29.3 Å². The summed E-state index contributed by atoms with van der Waals surface area (Å²) in [6, 6.07) is 19.8. The van der Waals surface area contributed by atoms with Gasteiger partial charge in [-0.25, -0.2) is 19.7 Å². The van der Waals surface area contributed by atoms with Crippen LogP contribution in [-0.2, 0) is 9.53 Å². The van der Waals surface area contributed by atoms with E-state index >= 15 is 0 Å². The van der Waals surface area contributed by atoms with Crippen molar-refractivity contribution in [2.75, 3.05) is 57.7 Å². The number of imidazole rings is 1. The van der Waals surface area contributed by atoms with Gasteiger partial charge in [0, 0.05) is 45.2 Å². The lowest BCUT2D eigenvalue weighted by molar-refractivity contribution is -0.137. The second kappa shape index (κ2) is 18.7. The zero-order chi connectivity index (χ0) is 37.9. The Morgan fingerprint density at radius 2 is 1.52 bits per heavy atom. The second-order valence-electron chi connectivity index (χ2n) is 13.5. The van der Waals surface area contributed by atoms with Crippen LogP contribution in [0.25, 0.3) is 11.2 Å². The van der Waals surface area contributed by atoms with Crippen LogP contribution in [0.2, 0.25) is 0 Å². The molecule has 2 aromatic heterocycles. The van der Waals surface area contributed by atoms with Gasteiger partial charge in [-0.05, 0) is 50.4 Å². The summed E-state index contributed by atoms with van der Waals surface area (Å²) in [6.45, 7) is 6.56. The van der Waals surface area contributed by atoms with E-state index in [1.807, 2.05) is 60.7 Å². The summed E-state index contributed by atoms with van der Waals surface area (Å²) in [5.41, 5.74) is 2.60. The molecule has 2 aromatic carbocycles. The quantitative estimate of drug-likeness (QED) is 0.0823. The van der Waals surface area contributed by atoms with Crippen molar-refractivity contribution in [3.63, 3.8) is 0 Å². The third-order valence-corrected chi connectivity index (χ3v) is 9.71. The molecule has 0 radical (unpaired) electrons. The highest BCUT2D eigenvalue weighted by molar-refractivity contribution is 5.94. The van der Waals surface area contributed by atoms with Crippen molar-refractivity contribution in [2.45, 2.75) is 63.1 Å². The first-order valence-electron chi connectivity index (χ1n) is 18.7. The number of carbonyl (C=O) groups excluding carboxylic acids is 3. The van der Waals surface area contributed by atoms with Crippen molar-refractivity contribution >= 4 is 34.8 Å². The topological polar surface area (TPSA) is 208 Å². The molecule has 0 bridgehead atoms. The molecule has 0 unspecified atom stereocenters. The highest BCUT2D eigenvalue weighted by Gasteiger charge is 2.47. The van der Waals surface area contributed by atoms with Gasteiger partial charge in [0.25, 0.3) is 11.8 Å². The van der Waals surface area contributed by atoms with Crippen molar-refractivity contribution in [1.82, 2.24) is 45.7 Å². The van der Waals surface area contributed by atoms with E-state index < -0.39 is 36.4 Å². The van der Waals surface area contributed by atoms with Gasteiger partial charge < -0.3 is 46.4 Å². The molecule has 54 heavy (non-hydrogen) atoms. The van der Waals surface area contributed by atoms with E-state index in [2.05, 4.69) is 46.4 Å². The summed E-state index contributed by atoms with van der Waals surface area (Å²) in [7, 11) is 0. The van der Waals surface area contributed by atoms with E-state index in [0.717, 1.165) is 30.8 Å². The molecule has 16 nitrogen and oxygen atoms in total. The van der Waals surface area contributed by atoms with E-state index in [1.54, 1.807) is 6.92 Å². The molecule has 4 aromatic rings. The van der Waals surface area contributed by atoms with Crippen molar-refractivity contribution < 1.29 is 29.3 Å². The lowest BCUT2D eigenvalue weighted by Crippen LogP contribution is -2.42. The molecule has 7 N–H and O–H groups in total. The van der Waals surface area contributed by atoms with Crippen LogP contribution < -0.4 is 26.6 Å². The fourth-order valence-electron chi connectivity index (χ4n) is 6.85. The molecular formula is C38H50N10O6. The van der Waals surface area contributed by atoms with Crippen LogP contribution in [0.3, 0.4) is 0 Å². The molecule has 288 valence electrons. The number of fused-ring (bicyclic) bond motifs is 1. The number of rotatable bonds is 16. The molecule has 16 heteroatoms. The first-order chi connectivity index (χ1) is 26.3. The number of aliphatic hydroxyl groups excluding tert-OH is 2. The predicted molar refractivity (Wildman–Crippen MR) is 202 cm³/mol. The standard InChI is InChI=1S/C38H50N10O6/c1-2-39-35(51)31-29(49)30(50)37(54-31)48-24-44-28-32(43-23-27(25-13-6-3-7-14-25)26-15-8-4-9-16-26)45-33(46-34(28)48)36(52)40-17-12-18-41-38(53)42-19-22-47-20-10-5-11-21-47/h3-4,6-9,13-16,24,27,29-31,37,49-50H,2,5,10-12,17-23H2,1H3,(H,39,51)(H,40,52)(H2,41,42,53)(H,43,45,46)/t29-,30+,31-,37+/m0/s1. The fraction of sp³-hybridized carbons (Fsp3) is 0.474. The zero-order valence-electron chi connectivity index (χ0n) is 30.5. The highest BCUT2D eigenvalue weighted by atomic mass is 16.6. The van der Waals surface area contributed by atoms with Gasteiger partial charge in [-0.1, -0.05) is 67.1 Å². The molecule has 4 amide bonds. The Morgan fingerprint density at radius 3 is 2.20 bits per heavy atom. The van der Waals surface area contributed by atoms with E-state index in [1.165, 1.54) is 30.2 Å². The van der Waals surface area contributed by atoms with Gasteiger partial charge in [-0.15, -0.1) is 0 Å². The zero-order valence-corrected chi connectivity index (χ0v) is 30.5. The number of amides is 4. The Balaban J connectivity index is 1.17. The molecule has 2 aliphatic heterocycles. The maximum absolute atomic E-state index is 13.5. The lowest BCUT2D eigenvalue weighted by Gasteiger charge is -2.26. The summed E-state index contributed by atoms with van der Waals surface area (Å²) in [5.74, 6) is -1.10. The number of hydrogen-bond acceptors (Lipinski definition) is 11. The second-order valence-corrected chi connectivity index (χ2v) is 13.5. The van der Waals surface area contributed by atoms with Gasteiger partial charge in [0.05, 0.1) is 6.33 Å². The summed E-state index contributed by atoms with van der Waals surface area (Å²) < 4.78 is 7.26. The number of benzene rings is 2. The summed E-state index contributed by atoms with van der Waals surface area (Å²) in [5, 5.41) is 36.2. The molecule has 0 saturated carbocycles. The molecular weight excluding hydrogens is 692 g/mol. The number of anilines is 1. The maximum atomic E-state index is 13.5. The molecule has 6 rings (SSSR count). The number of aromatic nitrogens is 4. The number of urea groups is 1. The van der Waals surface area contributed by atoms with E-state index in [0.29, 0.717) is 38.1 Å². The predicted octanol–water partition coefficient (Wildman–Crippen LogP) is 1.73. The fourth-order valence-corrected chi connectivity index (χ4v) is 6.85. The molecule has 2 saturated heterocycles. The number of aliphatic hydroxyl groups is 2. The van der Waals surface area contributed by atoms with E-state index in [9.17, 15) is 24.6 Å². The summed E-state index contributed by atoms with van der Waals surface area (Å²) >= 11 is 0. The average Bonchev–Trinajstić information content (AvgIpc) is 3.75. The molecule has 2 fully saturated rings. The number of nitrogens with zero attached hydrogens (tertiary/aromatic N) is 5. The molecule has 4 atom stereocenters. The number of piperidine rings is 1. The summed E-state index contributed by atoms with van der Waals surface area (Å²) in [4.78, 5) is 54.4. The van der Waals surface area contributed by atoms with Gasteiger partial charge in [0.2, 0.25) is 5.82 Å². The number of hydrogen-bond donors (Lipinski definition) is 7. The van der Waals surface area contributed by atoms with Crippen LogP contribution in [0, 0.1) is 0 Å². The van der Waals surface area contributed by atoms with Crippen LogP contribution in [0.5, 0.6) is 0 Å². The van der Waals surface area contributed by atoms with Gasteiger partial charge in [-0.3, -0.25) is 14.2 Å². The lowest BCUT2D eigenvalue weighted by atomic mass is 9.91. The van der Waals surface area contributed by atoms with Crippen LogP contribution in [0.4, 0.5) is 10.6 Å². The van der Waals surface area contributed by atoms with E-state index in [4.69, 9.17) is 4.74 Å². The third kappa shape index (κ3) is 9.49. The van der Waals surface area contributed by atoms with E-state index in [-0.39, 0.29) is 35.8 Å². The van der Waals surface area contributed by atoms with Crippen LogP contribution in [0.15, 0.2) is 67.0 Å². The number of carbonyl (C=O) groups is 3. The number of likely N-dealkylation sites (N-methyl/N-ethyl adjacent to an activating group) is 1. The third-order valence-electron chi connectivity index (χ3n) is 9.71. The monoisotopic (exact) mass is 742 g/mol. The maximum Gasteiger partial charge on any atom is 0.314 e. The number of likely N-dealkylation sites (tertiary alicyclic amines) is 1. The molecule has 2 aliphatic rings. The Morgan fingerprint density at radius 1 is 0.852 bits per heavy atom. The molecule has 4 heterocycles. The minimum absolute atomic E-state index is 0.0841. The largest absolute Gasteiger partial charge is 0.387 e. The normalized spacial score (nSPS) is 20.1. The van der Waals surface area contributed by atoms with Crippen LogP contribution in [-0.4, -0.2) is 123 Å². The molecule has 0 spiro atoms. The minimum atomic E-state index is -1.51. The number of nitrogens with one attached hydrogen (secondary N) is 5. The summed E-state index contributed by atoms with van der Waals surface area (Å²) in [6.07, 6.45) is -0.0540. The van der Waals surface area contributed by atoms with Crippen LogP contribution in [0.1, 0.15) is 66.5 Å². The van der Waals surface area contributed by atoms with Crippen molar-refractivity contribution in [3.8, 4) is 0 Å². The van der Waals surface area contributed by atoms with Crippen LogP contribution >= 0.6 is 0 Å². The Kier molecular flexibility index (Phi) is 13.4. The first kappa shape index (κ1) is 38.6. The van der Waals surface area contributed by atoms with Crippen molar-refractivity contribution in [2.24, 2.45) is 0 Å². The Labute approximate surface area is 314 Å². The van der Waals surface area contributed by atoms with Crippen molar-refractivity contribution in [3.05, 3.63) is 83.9 Å². The van der Waals surface area contributed by atoms with Gasteiger partial charge in [0.1, 0.15) is 12.2 Å². The Bertz CT molecular complexity index is 1800. The van der Waals surface area contributed by atoms with Crippen molar-refractivity contribution in [1.29, 1.82) is 0 Å².